The second-order valence-corrected chi connectivity index (χ2v) is 8.44. The Labute approximate surface area is 144 Å². The number of likely N-dealkylation sites (tertiary alicyclic amines) is 1. The molecule has 2 unspecified atom stereocenters. The monoisotopic (exact) mass is 353 g/mol. The van der Waals surface area contributed by atoms with Crippen LogP contribution < -0.4 is 10.5 Å². The van der Waals surface area contributed by atoms with Crippen molar-refractivity contribution in [2.45, 2.75) is 63.1 Å². The number of piperidine rings is 1. The molecule has 0 aliphatic carbocycles. The fourth-order valence-corrected chi connectivity index (χ4v) is 4.33. The summed E-state index contributed by atoms with van der Waals surface area (Å²) < 4.78 is 26.8. The maximum Gasteiger partial charge on any atom is 0.254 e. The van der Waals surface area contributed by atoms with E-state index < -0.39 is 10.0 Å². The first-order chi connectivity index (χ1) is 11.2. The summed E-state index contributed by atoms with van der Waals surface area (Å²) in [6.45, 7) is 6.14. The smallest absolute Gasteiger partial charge is 0.254 e. The van der Waals surface area contributed by atoms with Crippen molar-refractivity contribution >= 4 is 15.9 Å². The Morgan fingerprint density at radius 3 is 2.38 bits per heavy atom. The minimum absolute atomic E-state index is 0.0391. The fraction of sp³-hybridized carbons (Fsp3) is 0.588. The van der Waals surface area contributed by atoms with Crippen molar-refractivity contribution in [2.24, 2.45) is 5.73 Å². The summed E-state index contributed by atoms with van der Waals surface area (Å²) in [6, 6.07) is 5.87. The average molecular weight is 353 g/mol. The van der Waals surface area contributed by atoms with Crippen molar-refractivity contribution in [2.75, 3.05) is 6.54 Å². The third-order valence-corrected chi connectivity index (χ3v) is 5.89. The summed E-state index contributed by atoms with van der Waals surface area (Å²) in [6.07, 6.45) is 2.96. The van der Waals surface area contributed by atoms with Gasteiger partial charge in [-0.25, -0.2) is 13.1 Å². The number of benzene rings is 1. The molecule has 0 spiro atoms. The number of sulfonamides is 1. The van der Waals surface area contributed by atoms with Crippen LogP contribution >= 0.6 is 0 Å². The zero-order valence-corrected chi connectivity index (χ0v) is 15.3. The zero-order chi connectivity index (χ0) is 17.9. The average Bonchev–Trinajstić information content (AvgIpc) is 2.53. The van der Waals surface area contributed by atoms with Crippen LogP contribution in [0, 0.1) is 0 Å². The Bertz CT molecular complexity index is 669. The van der Waals surface area contributed by atoms with Crippen LogP contribution in [0.4, 0.5) is 0 Å². The molecule has 0 saturated carbocycles. The number of nitrogens with one attached hydrogen (secondary N) is 1. The van der Waals surface area contributed by atoms with Crippen molar-refractivity contribution in [1.82, 2.24) is 9.62 Å². The number of amides is 1. The molecular weight excluding hydrogens is 326 g/mol. The second kappa shape index (κ2) is 7.63. The van der Waals surface area contributed by atoms with E-state index in [1.54, 1.807) is 26.0 Å². The molecule has 6 nitrogen and oxygen atoms in total. The van der Waals surface area contributed by atoms with E-state index in [-0.39, 0.29) is 28.9 Å². The van der Waals surface area contributed by atoms with Gasteiger partial charge in [0.05, 0.1) is 4.90 Å². The van der Waals surface area contributed by atoms with Crippen molar-refractivity contribution < 1.29 is 13.2 Å². The third kappa shape index (κ3) is 4.34. The summed E-state index contributed by atoms with van der Waals surface area (Å²) in [5.41, 5.74) is 6.51. The van der Waals surface area contributed by atoms with E-state index in [4.69, 9.17) is 5.73 Å². The number of rotatable bonds is 5. The number of nitrogens with zero attached hydrogens (tertiary/aromatic N) is 1. The zero-order valence-electron chi connectivity index (χ0n) is 14.5. The first kappa shape index (κ1) is 18.9. The van der Waals surface area contributed by atoms with Crippen LogP contribution in [0.15, 0.2) is 29.2 Å². The topological polar surface area (TPSA) is 92.5 Å². The van der Waals surface area contributed by atoms with Crippen LogP contribution in [0.2, 0.25) is 0 Å². The molecule has 2 atom stereocenters. The van der Waals surface area contributed by atoms with Gasteiger partial charge in [-0.2, -0.15) is 0 Å². The van der Waals surface area contributed by atoms with Gasteiger partial charge in [0.15, 0.2) is 0 Å². The molecule has 0 bridgehead atoms. The quantitative estimate of drug-likeness (QED) is 0.843. The Morgan fingerprint density at radius 2 is 1.83 bits per heavy atom. The van der Waals surface area contributed by atoms with Crippen molar-refractivity contribution in [1.29, 1.82) is 0 Å². The largest absolute Gasteiger partial charge is 0.334 e. The van der Waals surface area contributed by atoms with Gasteiger partial charge >= 0.3 is 0 Å². The van der Waals surface area contributed by atoms with E-state index >= 15 is 0 Å². The molecule has 1 heterocycles. The molecule has 3 N–H and O–H groups in total. The standard InChI is InChI=1S/C17H27N3O3S/c1-12(2)19-24(22,23)15-9-7-14(8-10-15)17(21)20-11-5-4-6-16(20)13(3)18/h7-10,12-13,16,19H,4-6,11,18H2,1-3H3. The number of hydrogen-bond acceptors (Lipinski definition) is 4. The molecule has 0 aromatic heterocycles. The highest BCUT2D eigenvalue weighted by atomic mass is 32.2. The van der Waals surface area contributed by atoms with Crippen LogP contribution in [0.25, 0.3) is 0 Å². The number of carbonyl (C=O) groups excluding carboxylic acids is 1. The molecule has 1 fully saturated rings. The first-order valence-electron chi connectivity index (χ1n) is 8.41. The third-order valence-electron chi connectivity index (χ3n) is 4.22. The Balaban J connectivity index is 2.19. The van der Waals surface area contributed by atoms with Crippen molar-refractivity contribution in [3.8, 4) is 0 Å². The summed E-state index contributed by atoms with van der Waals surface area (Å²) in [4.78, 5) is 14.7. The van der Waals surface area contributed by atoms with Crippen LogP contribution in [-0.4, -0.2) is 43.9 Å². The minimum Gasteiger partial charge on any atom is -0.334 e. The van der Waals surface area contributed by atoms with E-state index in [1.807, 2.05) is 11.8 Å². The Hall–Kier alpha value is -1.44. The van der Waals surface area contributed by atoms with E-state index in [0.717, 1.165) is 19.3 Å². The van der Waals surface area contributed by atoms with Gasteiger partial charge in [0, 0.05) is 30.2 Å². The maximum atomic E-state index is 12.8. The molecule has 7 heteroatoms. The van der Waals surface area contributed by atoms with Gasteiger partial charge < -0.3 is 10.6 Å². The molecule has 1 aliphatic heterocycles. The molecule has 1 aliphatic rings. The van der Waals surface area contributed by atoms with E-state index in [2.05, 4.69) is 4.72 Å². The van der Waals surface area contributed by atoms with E-state index in [0.29, 0.717) is 12.1 Å². The molecule has 0 radical (unpaired) electrons. The Kier molecular flexibility index (Phi) is 6.01. The molecular formula is C17H27N3O3S. The summed E-state index contributed by atoms with van der Waals surface area (Å²) >= 11 is 0. The highest BCUT2D eigenvalue weighted by Gasteiger charge is 2.30. The van der Waals surface area contributed by atoms with Crippen LogP contribution in [0.5, 0.6) is 0 Å². The second-order valence-electron chi connectivity index (χ2n) is 6.72. The lowest BCUT2D eigenvalue weighted by molar-refractivity contribution is 0.0583. The molecule has 134 valence electrons. The SMILES string of the molecule is CC(C)NS(=O)(=O)c1ccc(C(=O)N2CCCCC2C(C)N)cc1. The minimum atomic E-state index is -3.55. The van der Waals surface area contributed by atoms with Crippen LogP contribution in [0.1, 0.15) is 50.4 Å². The van der Waals surface area contributed by atoms with Crippen LogP contribution in [0.3, 0.4) is 0 Å². The molecule has 1 amide bonds. The van der Waals surface area contributed by atoms with Gasteiger partial charge in [0.25, 0.3) is 5.91 Å². The highest BCUT2D eigenvalue weighted by Crippen LogP contribution is 2.22. The summed E-state index contributed by atoms with van der Waals surface area (Å²) in [7, 11) is -3.55. The predicted octanol–water partition coefficient (Wildman–Crippen LogP) is 1.72. The lowest BCUT2D eigenvalue weighted by Gasteiger charge is -2.38. The van der Waals surface area contributed by atoms with Crippen LogP contribution in [-0.2, 0) is 10.0 Å². The first-order valence-corrected chi connectivity index (χ1v) is 9.89. The highest BCUT2D eigenvalue weighted by molar-refractivity contribution is 7.89. The molecule has 1 aromatic rings. The van der Waals surface area contributed by atoms with E-state index in [1.165, 1.54) is 12.1 Å². The van der Waals surface area contributed by atoms with Gasteiger partial charge in [-0.3, -0.25) is 4.79 Å². The number of carbonyl (C=O) groups is 1. The lowest BCUT2D eigenvalue weighted by atomic mass is 9.96. The Morgan fingerprint density at radius 1 is 1.21 bits per heavy atom. The number of nitrogens with two attached hydrogens (primary N) is 1. The van der Waals surface area contributed by atoms with Gasteiger partial charge in [-0.05, 0) is 64.3 Å². The van der Waals surface area contributed by atoms with Gasteiger partial charge in [0.1, 0.15) is 0 Å². The summed E-state index contributed by atoms with van der Waals surface area (Å²) in [5, 5.41) is 0. The van der Waals surface area contributed by atoms with Crippen molar-refractivity contribution in [3.05, 3.63) is 29.8 Å². The van der Waals surface area contributed by atoms with E-state index in [9.17, 15) is 13.2 Å². The predicted molar refractivity (Wildman–Crippen MR) is 94.2 cm³/mol. The van der Waals surface area contributed by atoms with Gasteiger partial charge in [-0.15, -0.1) is 0 Å². The van der Waals surface area contributed by atoms with Gasteiger partial charge in [0.2, 0.25) is 10.0 Å². The maximum absolute atomic E-state index is 12.8. The lowest BCUT2D eigenvalue weighted by Crippen LogP contribution is -2.51. The molecule has 1 aromatic carbocycles. The van der Waals surface area contributed by atoms with Crippen molar-refractivity contribution in [3.63, 3.8) is 0 Å². The summed E-state index contributed by atoms with van der Waals surface area (Å²) in [5.74, 6) is -0.0854. The number of hydrogen-bond donors (Lipinski definition) is 2. The molecule has 24 heavy (non-hydrogen) atoms. The molecule has 2 rings (SSSR count). The van der Waals surface area contributed by atoms with Gasteiger partial charge in [-0.1, -0.05) is 0 Å². The fourth-order valence-electron chi connectivity index (χ4n) is 3.08. The normalized spacial score (nSPS) is 20.2. The molecule has 1 saturated heterocycles.